The van der Waals surface area contributed by atoms with Crippen LogP contribution in [0.4, 0.5) is 5.82 Å². The van der Waals surface area contributed by atoms with Crippen molar-refractivity contribution in [2.75, 3.05) is 12.0 Å². The van der Waals surface area contributed by atoms with Crippen LogP contribution >= 0.6 is 27.7 Å². The van der Waals surface area contributed by atoms with Gasteiger partial charge in [0, 0.05) is 0 Å². The van der Waals surface area contributed by atoms with Crippen molar-refractivity contribution in [2.24, 2.45) is 0 Å². The normalized spacial score (nSPS) is 9.80. The van der Waals surface area contributed by atoms with Gasteiger partial charge in [-0.2, -0.15) is 0 Å². The van der Waals surface area contributed by atoms with Crippen LogP contribution in [-0.4, -0.2) is 16.2 Å². The number of halogens is 1. The molecule has 3 nitrogen and oxygen atoms in total. The van der Waals surface area contributed by atoms with E-state index >= 15 is 0 Å². The van der Waals surface area contributed by atoms with Crippen LogP contribution in [0.15, 0.2) is 15.8 Å². The first-order chi connectivity index (χ1) is 4.74. The van der Waals surface area contributed by atoms with E-state index < -0.39 is 0 Å². The van der Waals surface area contributed by atoms with Crippen molar-refractivity contribution < 1.29 is 0 Å². The van der Waals surface area contributed by atoms with Gasteiger partial charge in [-0.15, -0.1) is 11.8 Å². The van der Waals surface area contributed by atoms with Gasteiger partial charge in [-0.3, -0.25) is 0 Å². The predicted octanol–water partition coefficient (Wildman–Crippen LogP) is 1.54. The molecule has 0 aliphatic carbocycles. The second-order valence-corrected chi connectivity index (χ2v) is 3.19. The highest BCUT2D eigenvalue weighted by molar-refractivity contribution is 9.10. The minimum Gasteiger partial charge on any atom is -0.381 e. The molecule has 10 heavy (non-hydrogen) atoms. The summed E-state index contributed by atoms with van der Waals surface area (Å²) in [4.78, 5) is 7.98. The van der Waals surface area contributed by atoms with E-state index in [9.17, 15) is 0 Å². The van der Waals surface area contributed by atoms with Gasteiger partial charge in [0.2, 0.25) is 0 Å². The van der Waals surface area contributed by atoms with Gasteiger partial charge >= 0.3 is 0 Å². The molecule has 0 bridgehead atoms. The smallest absolute Gasteiger partial charge is 0.156 e. The first kappa shape index (κ1) is 7.81. The van der Waals surface area contributed by atoms with Crippen molar-refractivity contribution in [1.29, 1.82) is 0 Å². The summed E-state index contributed by atoms with van der Waals surface area (Å²) in [6.45, 7) is 0. The van der Waals surface area contributed by atoms with Crippen molar-refractivity contribution in [3.8, 4) is 0 Å². The molecule has 0 saturated heterocycles. The van der Waals surface area contributed by atoms with Crippen LogP contribution in [0.5, 0.6) is 0 Å². The summed E-state index contributed by atoms with van der Waals surface area (Å²) in [7, 11) is 0. The summed E-state index contributed by atoms with van der Waals surface area (Å²) in [5.74, 6) is 0.482. The quantitative estimate of drug-likeness (QED) is 0.729. The van der Waals surface area contributed by atoms with Crippen LogP contribution in [0.25, 0.3) is 0 Å². The minimum atomic E-state index is 0.482. The fourth-order valence-electron chi connectivity index (χ4n) is 0.511. The molecule has 0 atom stereocenters. The molecular formula is C5H6BrN3S. The van der Waals surface area contributed by atoms with Gasteiger partial charge in [-0.25, -0.2) is 9.97 Å². The van der Waals surface area contributed by atoms with Gasteiger partial charge in [0.15, 0.2) is 5.82 Å². The Morgan fingerprint density at radius 1 is 1.70 bits per heavy atom. The van der Waals surface area contributed by atoms with E-state index in [2.05, 4.69) is 25.9 Å². The first-order valence-electron chi connectivity index (χ1n) is 2.56. The Balaban J connectivity index is 3.09. The maximum Gasteiger partial charge on any atom is 0.156 e. The number of nitrogens with zero attached hydrogens (tertiary/aromatic N) is 2. The molecule has 0 fully saturated rings. The van der Waals surface area contributed by atoms with E-state index in [4.69, 9.17) is 5.73 Å². The first-order valence-corrected chi connectivity index (χ1v) is 4.58. The third-order valence-electron chi connectivity index (χ3n) is 0.931. The number of anilines is 1. The second-order valence-electron chi connectivity index (χ2n) is 1.59. The number of hydrogen-bond acceptors (Lipinski definition) is 4. The summed E-state index contributed by atoms with van der Waals surface area (Å²) in [5, 5.41) is 0.759. The Morgan fingerprint density at radius 3 is 2.90 bits per heavy atom. The van der Waals surface area contributed by atoms with Gasteiger partial charge in [0.25, 0.3) is 0 Å². The van der Waals surface area contributed by atoms with Crippen LogP contribution in [-0.2, 0) is 0 Å². The summed E-state index contributed by atoms with van der Waals surface area (Å²) < 4.78 is 0.714. The van der Waals surface area contributed by atoms with E-state index in [1.165, 1.54) is 11.8 Å². The molecular weight excluding hydrogens is 214 g/mol. The van der Waals surface area contributed by atoms with Crippen LogP contribution in [0.1, 0.15) is 0 Å². The van der Waals surface area contributed by atoms with Gasteiger partial charge in [-0.1, -0.05) is 0 Å². The van der Waals surface area contributed by atoms with Gasteiger partial charge in [-0.05, 0) is 22.2 Å². The van der Waals surface area contributed by atoms with E-state index in [1.54, 1.807) is 6.20 Å². The molecule has 1 aromatic rings. The monoisotopic (exact) mass is 219 g/mol. The zero-order valence-corrected chi connectivity index (χ0v) is 7.74. The lowest BCUT2D eigenvalue weighted by Gasteiger charge is -1.98. The topological polar surface area (TPSA) is 51.8 Å². The molecule has 1 aromatic heterocycles. The molecule has 0 unspecified atom stereocenters. The summed E-state index contributed by atoms with van der Waals surface area (Å²) in [6.07, 6.45) is 3.49. The van der Waals surface area contributed by atoms with E-state index in [0.29, 0.717) is 10.4 Å². The average Bonchev–Trinajstić information content (AvgIpc) is 1.94. The van der Waals surface area contributed by atoms with Crippen LogP contribution in [0, 0.1) is 0 Å². The van der Waals surface area contributed by atoms with E-state index in [-0.39, 0.29) is 0 Å². The number of hydrogen-bond donors (Lipinski definition) is 1. The van der Waals surface area contributed by atoms with Gasteiger partial charge < -0.3 is 5.73 Å². The molecule has 0 aromatic carbocycles. The van der Waals surface area contributed by atoms with E-state index in [0.717, 1.165) is 5.03 Å². The molecule has 2 N–H and O–H groups in total. The lowest BCUT2D eigenvalue weighted by atomic mass is 10.7. The largest absolute Gasteiger partial charge is 0.381 e. The predicted molar refractivity (Wildman–Crippen MR) is 45.9 cm³/mol. The zero-order chi connectivity index (χ0) is 7.56. The molecule has 0 aliphatic rings. The third kappa shape index (κ3) is 1.60. The number of nitrogens with two attached hydrogens (primary N) is 1. The van der Waals surface area contributed by atoms with Crippen molar-refractivity contribution in [2.45, 2.75) is 5.03 Å². The maximum absolute atomic E-state index is 5.48. The number of nitrogen functional groups attached to an aromatic ring is 1. The molecule has 0 aliphatic heterocycles. The Kier molecular flexibility index (Phi) is 2.50. The summed E-state index contributed by atoms with van der Waals surface area (Å²) in [6, 6.07) is 0. The zero-order valence-electron chi connectivity index (χ0n) is 5.34. The third-order valence-corrected chi connectivity index (χ3v) is 2.00. The SMILES string of the molecule is CSc1nc(Br)cnc1N. The standard InChI is InChI=1S/C5H6BrN3S/c1-10-5-4(7)8-2-3(6)9-5/h2H,1H3,(H2,7,8). The molecule has 54 valence electrons. The van der Waals surface area contributed by atoms with E-state index in [1.807, 2.05) is 6.26 Å². The fourth-order valence-corrected chi connectivity index (χ4v) is 1.36. The van der Waals surface area contributed by atoms with Gasteiger partial charge in [0.05, 0.1) is 6.20 Å². The molecule has 0 spiro atoms. The molecule has 1 heterocycles. The Labute approximate surface area is 71.6 Å². The number of aromatic nitrogens is 2. The molecule has 0 radical (unpaired) electrons. The van der Waals surface area contributed by atoms with Crippen molar-refractivity contribution in [3.63, 3.8) is 0 Å². The molecule has 5 heteroatoms. The van der Waals surface area contributed by atoms with Crippen molar-refractivity contribution in [1.82, 2.24) is 9.97 Å². The molecule has 1 rings (SSSR count). The lowest BCUT2D eigenvalue weighted by Crippen LogP contribution is -1.94. The second kappa shape index (κ2) is 3.21. The molecule has 0 amide bonds. The average molecular weight is 220 g/mol. The number of thioether (sulfide) groups is 1. The van der Waals surface area contributed by atoms with Crippen molar-refractivity contribution >= 4 is 33.5 Å². The lowest BCUT2D eigenvalue weighted by molar-refractivity contribution is 1.04. The van der Waals surface area contributed by atoms with Crippen molar-refractivity contribution in [3.05, 3.63) is 10.8 Å². The van der Waals surface area contributed by atoms with Crippen LogP contribution < -0.4 is 5.73 Å². The number of rotatable bonds is 1. The Morgan fingerprint density at radius 2 is 2.40 bits per heavy atom. The highest BCUT2D eigenvalue weighted by Crippen LogP contribution is 2.19. The summed E-state index contributed by atoms with van der Waals surface area (Å²) in [5.41, 5.74) is 5.48. The summed E-state index contributed by atoms with van der Waals surface area (Å²) >= 11 is 4.68. The van der Waals surface area contributed by atoms with Crippen LogP contribution in [0.3, 0.4) is 0 Å². The fraction of sp³-hybridized carbons (Fsp3) is 0.200. The highest BCUT2D eigenvalue weighted by Gasteiger charge is 1.99. The van der Waals surface area contributed by atoms with Gasteiger partial charge in [0.1, 0.15) is 9.63 Å². The Bertz CT molecular complexity index is 240. The molecule has 0 saturated carbocycles. The minimum absolute atomic E-state index is 0.482. The van der Waals surface area contributed by atoms with Crippen LogP contribution in [0.2, 0.25) is 0 Å². The maximum atomic E-state index is 5.48. The Hall–Kier alpha value is -0.290. The highest BCUT2D eigenvalue weighted by atomic mass is 79.9.